The highest BCUT2D eigenvalue weighted by Crippen LogP contribution is 2.25. The molecule has 5 heteroatoms. The van der Waals surface area contributed by atoms with Crippen LogP contribution < -0.4 is 5.32 Å². The van der Waals surface area contributed by atoms with E-state index in [2.05, 4.69) is 31.1 Å². The van der Waals surface area contributed by atoms with Crippen molar-refractivity contribution in [3.8, 4) is 0 Å². The van der Waals surface area contributed by atoms with Crippen LogP contribution in [0.15, 0.2) is 29.6 Å². The fraction of sp³-hybridized carbons (Fsp3) is 0.471. The van der Waals surface area contributed by atoms with Crippen molar-refractivity contribution >= 4 is 11.3 Å². The Labute approximate surface area is 135 Å². The molecule has 0 aliphatic heterocycles. The Bertz CT molecular complexity index is 614. The van der Waals surface area contributed by atoms with Crippen LogP contribution in [-0.2, 0) is 17.6 Å². The van der Waals surface area contributed by atoms with Gasteiger partial charge in [-0.25, -0.2) is 9.37 Å². The number of aliphatic hydroxyl groups is 1. The molecule has 0 spiro atoms. The van der Waals surface area contributed by atoms with Crippen LogP contribution in [-0.4, -0.2) is 16.6 Å². The molecule has 0 aliphatic rings. The summed E-state index contributed by atoms with van der Waals surface area (Å²) in [5, 5.41) is 16.9. The second-order valence-corrected chi connectivity index (χ2v) is 7.64. The molecular formula is C17H23FN2OS. The van der Waals surface area contributed by atoms with Gasteiger partial charge in [0.25, 0.3) is 0 Å². The van der Waals surface area contributed by atoms with Crippen molar-refractivity contribution in [1.82, 2.24) is 10.3 Å². The number of rotatable bonds is 5. The first-order valence-corrected chi connectivity index (χ1v) is 8.20. The summed E-state index contributed by atoms with van der Waals surface area (Å²) in [6.07, 6.45) is 0. The monoisotopic (exact) mass is 322 g/mol. The van der Waals surface area contributed by atoms with E-state index in [1.54, 1.807) is 30.4 Å². The number of hydrogen-bond donors (Lipinski definition) is 2. The molecular weight excluding hydrogens is 299 g/mol. The molecule has 0 saturated carbocycles. The van der Waals surface area contributed by atoms with Gasteiger partial charge >= 0.3 is 0 Å². The molecule has 2 aromatic rings. The average Bonchev–Trinajstić information content (AvgIpc) is 2.88. The second-order valence-electron chi connectivity index (χ2n) is 6.78. The van der Waals surface area contributed by atoms with E-state index in [0.717, 1.165) is 10.7 Å². The van der Waals surface area contributed by atoms with Gasteiger partial charge < -0.3 is 10.4 Å². The lowest BCUT2D eigenvalue weighted by Crippen LogP contribution is -2.35. The van der Waals surface area contributed by atoms with Gasteiger partial charge in [-0.3, -0.25) is 0 Å². The summed E-state index contributed by atoms with van der Waals surface area (Å²) in [6.45, 7) is 9.12. The predicted octanol–water partition coefficient (Wildman–Crippen LogP) is 3.58. The van der Waals surface area contributed by atoms with Crippen molar-refractivity contribution in [1.29, 1.82) is 0 Å². The van der Waals surface area contributed by atoms with Crippen molar-refractivity contribution in [2.75, 3.05) is 6.54 Å². The molecule has 2 rings (SSSR count). The Kier molecular flexibility index (Phi) is 5.00. The molecule has 120 valence electrons. The van der Waals surface area contributed by atoms with Crippen molar-refractivity contribution in [2.45, 2.75) is 45.3 Å². The largest absolute Gasteiger partial charge is 0.384 e. The molecule has 1 aromatic carbocycles. The van der Waals surface area contributed by atoms with E-state index in [1.165, 1.54) is 12.1 Å². The Hall–Kier alpha value is -1.30. The molecule has 1 unspecified atom stereocenters. The first-order chi connectivity index (χ1) is 10.2. The van der Waals surface area contributed by atoms with Crippen LogP contribution in [0.4, 0.5) is 4.39 Å². The van der Waals surface area contributed by atoms with Crippen LogP contribution in [0.2, 0.25) is 0 Å². The number of hydrogen-bond acceptors (Lipinski definition) is 4. The minimum Gasteiger partial charge on any atom is -0.384 e. The molecule has 3 nitrogen and oxygen atoms in total. The zero-order valence-electron chi connectivity index (χ0n) is 13.5. The lowest BCUT2D eigenvalue weighted by molar-refractivity contribution is 0.0565. The topological polar surface area (TPSA) is 45.2 Å². The van der Waals surface area contributed by atoms with E-state index in [0.29, 0.717) is 18.7 Å². The molecule has 0 radical (unpaired) electrons. The van der Waals surface area contributed by atoms with E-state index in [9.17, 15) is 9.50 Å². The van der Waals surface area contributed by atoms with E-state index in [4.69, 9.17) is 0 Å². The summed E-state index contributed by atoms with van der Waals surface area (Å²) >= 11 is 1.66. The molecule has 1 aromatic heterocycles. The fourth-order valence-electron chi connectivity index (χ4n) is 2.08. The highest BCUT2D eigenvalue weighted by molar-refractivity contribution is 7.09. The van der Waals surface area contributed by atoms with Gasteiger partial charge in [0.1, 0.15) is 5.82 Å². The van der Waals surface area contributed by atoms with E-state index >= 15 is 0 Å². The van der Waals surface area contributed by atoms with Crippen molar-refractivity contribution in [3.63, 3.8) is 0 Å². The number of nitrogens with one attached hydrogen (secondary N) is 1. The maximum atomic E-state index is 12.9. The molecule has 22 heavy (non-hydrogen) atoms. The summed E-state index contributed by atoms with van der Waals surface area (Å²) < 4.78 is 12.9. The highest BCUT2D eigenvalue weighted by Gasteiger charge is 2.23. The molecule has 0 amide bonds. The zero-order chi connectivity index (χ0) is 16.4. The van der Waals surface area contributed by atoms with Crippen LogP contribution in [0.3, 0.4) is 0 Å². The van der Waals surface area contributed by atoms with Crippen LogP contribution in [0.5, 0.6) is 0 Å². The molecule has 2 N–H and O–H groups in total. The molecule has 1 atom stereocenters. The Morgan fingerprint density at radius 2 is 1.82 bits per heavy atom. The highest BCUT2D eigenvalue weighted by atomic mass is 32.1. The van der Waals surface area contributed by atoms with E-state index in [1.807, 2.05) is 5.38 Å². The molecule has 0 aliphatic carbocycles. The standard InChI is InChI=1S/C17H23FN2OS/c1-16(2,3)15-20-14(10-22-15)9-19-11-17(4,21)12-5-7-13(18)8-6-12/h5-8,10,19,21H,9,11H2,1-4H3. The SMILES string of the molecule is CC(C)(C)c1nc(CNCC(C)(O)c2ccc(F)cc2)cs1. The van der Waals surface area contributed by atoms with Gasteiger partial charge in [0, 0.05) is 23.9 Å². The fourth-order valence-corrected chi connectivity index (χ4v) is 2.98. The Morgan fingerprint density at radius 3 is 2.36 bits per heavy atom. The molecule has 1 heterocycles. The Balaban J connectivity index is 1.92. The summed E-state index contributed by atoms with van der Waals surface area (Å²) in [6, 6.07) is 5.94. The third-order valence-electron chi connectivity index (χ3n) is 3.43. The number of aromatic nitrogens is 1. The van der Waals surface area contributed by atoms with Crippen LogP contribution in [0, 0.1) is 5.82 Å². The lowest BCUT2D eigenvalue weighted by atomic mass is 9.96. The minimum atomic E-state index is -1.05. The summed E-state index contributed by atoms with van der Waals surface area (Å²) in [5.41, 5.74) is 0.680. The van der Waals surface area contributed by atoms with Crippen molar-refractivity contribution < 1.29 is 9.50 Å². The van der Waals surface area contributed by atoms with E-state index in [-0.39, 0.29) is 11.2 Å². The van der Waals surface area contributed by atoms with Crippen molar-refractivity contribution in [3.05, 3.63) is 51.7 Å². The quantitative estimate of drug-likeness (QED) is 0.884. The number of thiazole rings is 1. The van der Waals surface area contributed by atoms with Crippen LogP contribution in [0.1, 0.15) is 44.0 Å². The first kappa shape index (κ1) is 17.1. The molecule has 0 bridgehead atoms. The van der Waals surface area contributed by atoms with Crippen molar-refractivity contribution in [2.24, 2.45) is 0 Å². The van der Waals surface area contributed by atoms with Crippen LogP contribution >= 0.6 is 11.3 Å². The normalized spacial score (nSPS) is 14.8. The first-order valence-electron chi connectivity index (χ1n) is 7.32. The van der Waals surface area contributed by atoms with Crippen LogP contribution in [0.25, 0.3) is 0 Å². The lowest BCUT2D eigenvalue weighted by Gasteiger charge is -2.24. The maximum Gasteiger partial charge on any atom is 0.123 e. The predicted molar refractivity (Wildman–Crippen MR) is 88.5 cm³/mol. The number of nitrogens with zero attached hydrogens (tertiary/aromatic N) is 1. The second kappa shape index (κ2) is 6.44. The maximum absolute atomic E-state index is 12.9. The third-order valence-corrected chi connectivity index (χ3v) is 4.75. The minimum absolute atomic E-state index is 0.0581. The molecule has 0 fully saturated rings. The van der Waals surface area contributed by atoms with E-state index < -0.39 is 5.60 Å². The molecule has 0 saturated heterocycles. The summed E-state index contributed by atoms with van der Waals surface area (Å²) in [7, 11) is 0. The third kappa shape index (κ3) is 4.35. The van der Waals surface area contributed by atoms with Gasteiger partial charge in [-0.15, -0.1) is 11.3 Å². The summed E-state index contributed by atoms with van der Waals surface area (Å²) in [4.78, 5) is 4.61. The smallest absolute Gasteiger partial charge is 0.123 e. The summed E-state index contributed by atoms with van der Waals surface area (Å²) in [5.74, 6) is -0.301. The van der Waals surface area contributed by atoms with Gasteiger partial charge in [0.15, 0.2) is 0 Å². The van der Waals surface area contributed by atoms with Gasteiger partial charge in [-0.05, 0) is 24.6 Å². The zero-order valence-corrected chi connectivity index (χ0v) is 14.3. The average molecular weight is 322 g/mol. The Morgan fingerprint density at radius 1 is 1.18 bits per heavy atom. The number of benzene rings is 1. The van der Waals surface area contributed by atoms with Gasteiger partial charge in [-0.1, -0.05) is 32.9 Å². The van der Waals surface area contributed by atoms with Gasteiger partial charge in [-0.2, -0.15) is 0 Å². The number of halogens is 1. The van der Waals surface area contributed by atoms with Gasteiger partial charge in [0.2, 0.25) is 0 Å². The van der Waals surface area contributed by atoms with Gasteiger partial charge in [0.05, 0.1) is 16.3 Å².